The van der Waals surface area contributed by atoms with E-state index in [2.05, 4.69) is 81.4 Å². The molecular weight excluding hydrogens is 979 g/mol. The van der Waals surface area contributed by atoms with Crippen molar-refractivity contribution in [2.45, 2.75) is 250 Å². The van der Waals surface area contributed by atoms with Gasteiger partial charge >= 0.3 is 0 Å². The normalized spacial score (nSPS) is 41.9. The third-order valence-electron chi connectivity index (χ3n) is 24.6. The van der Waals surface area contributed by atoms with Crippen LogP contribution in [0, 0.1) is 58.2 Å². The maximum absolute atomic E-state index is 12.8. The molecule has 8 aliphatic carbocycles. The topological polar surface area (TPSA) is 117 Å². The van der Waals surface area contributed by atoms with E-state index in [0.29, 0.717) is 91.3 Å². The summed E-state index contributed by atoms with van der Waals surface area (Å²) in [5.74, 6) is 6.75. The number of ketones is 2. The Morgan fingerprint density at radius 2 is 1.41 bits per heavy atom. The van der Waals surface area contributed by atoms with Crippen LogP contribution in [-0.2, 0) is 30.3 Å². The number of hydrogen-bond donors (Lipinski definition) is 3. The van der Waals surface area contributed by atoms with Gasteiger partial charge in [0.15, 0.2) is 0 Å². The standard InChI is InChI=1S/C44H62N2O4.C26H39NO2/c1-30-25-41-40(46(29-30)24-10-14-34(47)13-8-5-9-23-45-42(49)18-15-32-11-6-4-7-12-32)28-44(50-41)22-20-36-37-17-16-33-26-35(48)19-21-43(33,3)39(37)27-38(36)31(44)2;1-15-10-24-23(27-14-15)13-26(29-24)9-7-19-20-5-4-17-11-18(28)6-8-25(17,3)22(20)12-21(19)16(26)2/h4,6-7,11-12,16,30,36-37,39-41H,5,8-10,13-15,17-29H2,1-3H3,(H,45,49);4,15,18-20,22-24,27-28H,5-14H2,1-3H3/t30-,36-,37-,39-,40?,41+,43-,44+;15-,18?,19-,20-,22-,23?,24+,25-,26+/m00/s1. The number of allylic oxidation sites excluding steroid dienone is 5. The number of nitrogens with zero attached hydrogens (tertiary/aromatic N) is 1. The molecule has 0 aromatic heterocycles. The number of rotatable bonds is 13. The number of amides is 1. The molecule has 13 rings (SSSR count). The van der Waals surface area contributed by atoms with Crippen molar-refractivity contribution in [1.29, 1.82) is 0 Å². The minimum absolute atomic E-state index is 0.0195. The van der Waals surface area contributed by atoms with E-state index in [1.807, 2.05) is 18.2 Å². The summed E-state index contributed by atoms with van der Waals surface area (Å²) < 4.78 is 14.1. The number of Topliss-reactive ketones (excluding diaryl/α,β-unsaturated/α-hetero) is 2. The van der Waals surface area contributed by atoms with Crippen molar-refractivity contribution in [2.24, 2.45) is 58.2 Å². The van der Waals surface area contributed by atoms with Gasteiger partial charge in [0.25, 0.3) is 0 Å². The van der Waals surface area contributed by atoms with Gasteiger partial charge in [-0.2, -0.15) is 0 Å². The number of ether oxygens (including phenoxy) is 2. The van der Waals surface area contributed by atoms with Crippen molar-refractivity contribution >= 4 is 17.5 Å². The summed E-state index contributed by atoms with van der Waals surface area (Å²) in [4.78, 5) is 40.0. The van der Waals surface area contributed by atoms with Crippen LogP contribution in [0.3, 0.4) is 0 Å². The molecule has 79 heavy (non-hydrogen) atoms. The van der Waals surface area contributed by atoms with Gasteiger partial charge in [0.1, 0.15) is 11.6 Å². The molecule has 2 spiro atoms. The van der Waals surface area contributed by atoms with E-state index in [-0.39, 0.29) is 28.6 Å². The number of aryl methyl sites for hydroxylation is 1. The number of aliphatic hydroxyl groups is 1. The molecule has 4 saturated heterocycles. The van der Waals surface area contributed by atoms with E-state index in [0.717, 1.165) is 133 Å². The number of nitrogens with one attached hydrogen (secondary N) is 2. The minimum atomic E-state index is -0.117. The fraction of sp³-hybridized carbons (Fsp3) is 0.757. The molecule has 1 aromatic rings. The first-order valence-electron chi connectivity index (χ1n) is 32.7. The molecule has 0 radical (unpaired) electrons. The average molecular weight is 1080 g/mol. The first-order valence-corrected chi connectivity index (χ1v) is 32.7. The minimum Gasteiger partial charge on any atom is -0.393 e. The molecule has 12 aliphatic rings. The zero-order chi connectivity index (χ0) is 54.8. The van der Waals surface area contributed by atoms with Crippen LogP contribution in [0.15, 0.2) is 75.9 Å². The zero-order valence-corrected chi connectivity index (χ0v) is 49.7. The van der Waals surface area contributed by atoms with Crippen molar-refractivity contribution in [1.82, 2.24) is 15.5 Å². The predicted octanol–water partition coefficient (Wildman–Crippen LogP) is 13.1. The Kier molecular flexibility index (Phi) is 16.2. The van der Waals surface area contributed by atoms with Crippen LogP contribution in [0.5, 0.6) is 0 Å². The Balaban J connectivity index is 0.000000181. The lowest BCUT2D eigenvalue weighted by Crippen LogP contribution is -2.49. The number of carbonyl (C=O) groups excluding carboxylic acids is 3. The quantitative estimate of drug-likeness (QED) is 0.132. The van der Waals surface area contributed by atoms with Gasteiger partial charge in [-0.05, 0) is 230 Å². The third-order valence-corrected chi connectivity index (χ3v) is 24.6. The zero-order valence-electron chi connectivity index (χ0n) is 49.7. The SMILES string of the molecule is CC1=C2C[C@H]3[C@@H](CC=C4CC(=O)CC[C@@]43C)[C@@H]2CC[C@@]12CC1[C@@H](C[C@H](C)CN1CCCC(=O)CCCCCNC(=O)CCc1ccccc1)O2.CC1=C2C[C@H]3[C@@H](CC=C4CC(O)CC[C@@]43C)[C@@H]2CC[C@@]12CC1NC[C@@H](C)C[C@H]1O2. The highest BCUT2D eigenvalue weighted by atomic mass is 16.5. The molecule has 0 bridgehead atoms. The molecule has 4 saturated carbocycles. The largest absolute Gasteiger partial charge is 0.393 e. The second-order valence-electron chi connectivity index (χ2n) is 29.2. The van der Waals surface area contributed by atoms with Crippen LogP contribution in [0.2, 0.25) is 0 Å². The Morgan fingerprint density at radius 3 is 2.14 bits per heavy atom. The van der Waals surface area contributed by atoms with Crippen LogP contribution in [0.1, 0.15) is 208 Å². The Bertz CT molecular complexity index is 2580. The van der Waals surface area contributed by atoms with Crippen LogP contribution in [-0.4, -0.2) is 95.3 Å². The van der Waals surface area contributed by atoms with Crippen molar-refractivity contribution in [3.63, 3.8) is 0 Å². The second kappa shape index (κ2) is 22.8. The lowest BCUT2D eigenvalue weighted by Gasteiger charge is -2.49. The number of fused-ring (bicyclic) bond motifs is 12. The fourth-order valence-corrected chi connectivity index (χ4v) is 20.0. The molecule has 9 nitrogen and oxygen atoms in total. The summed E-state index contributed by atoms with van der Waals surface area (Å²) in [6.45, 7) is 18.5. The van der Waals surface area contributed by atoms with E-state index < -0.39 is 0 Å². The third kappa shape index (κ3) is 10.8. The summed E-state index contributed by atoms with van der Waals surface area (Å²) >= 11 is 0. The van der Waals surface area contributed by atoms with Crippen molar-refractivity contribution < 1.29 is 29.0 Å². The summed E-state index contributed by atoms with van der Waals surface area (Å²) in [5.41, 5.74) is 11.3. The lowest BCUT2D eigenvalue weighted by molar-refractivity contribution is -0.121. The van der Waals surface area contributed by atoms with E-state index in [4.69, 9.17) is 9.47 Å². The molecule has 432 valence electrons. The first-order chi connectivity index (χ1) is 38.0. The molecule has 9 heteroatoms. The molecule has 4 aliphatic heterocycles. The van der Waals surface area contributed by atoms with E-state index in [9.17, 15) is 19.5 Å². The van der Waals surface area contributed by atoms with Crippen molar-refractivity contribution in [3.05, 3.63) is 81.5 Å². The Morgan fingerprint density at radius 1 is 0.747 bits per heavy atom. The molecular formula is C70H101N3O6. The highest BCUT2D eigenvalue weighted by Gasteiger charge is 2.61. The van der Waals surface area contributed by atoms with Crippen LogP contribution in [0.25, 0.3) is 0 Å². The average Bonchev–Trinajstić information content (AvgIpc) is 4.36. The monoisotopic (exact) mass is 1080 g/mol. The van der Waals surface area contributed by atoms with Gasteiger partial charge in [0, 0.05) is 57.3 Å². The Hall–Kier alpha value is -3.21. The van der Waals surface area contributed by atoms with E-state index >= 15 is 0 Å². The fourth-order valence-electron chi connectivity index (χ4n) is 20.0. The highest BCUT2D eigenvalue weighted by molar-refractivity contribution is 5.82. The Labute approximate surface area is 475 Å². The molecule has 4 heterocycles. The molecule has 8 fully saturated rings. The maximum atomic E-state index is 12.8. The number of piperidine rings is 2. The first kappa shape index (κ1) is 56.3. The molecule has 3 N–H and O–H groups in total. The second-order valence-corrected chi connectivity index (χ2v) is 29.2. The smallest absolute Gasteiger partial charge is 0.220 e. The van der Waals surface area contributed by atoms with Crippen LogP contribution in [0.4, 0.5) is 0 Å². The molecule has 3 unspecified atom stereocenters. The molecule has 17 atom stereocenters. The lowest BCUT2D eigenvalue weighted by atomic mass is 9.56. The van der Waals surface area contributed by atoms with Gasteiger partial charge in [-0.1, -0.05) is 98.9 Å². The summed E-state index contributed by atoms with van der Waals surface area (Å²) in [7, 11) is 0. The van der Waals surface area contributed by atoms with Crippen LogP contribution < -0.4 is 10.6 Å². The number of aliphatic hydroxyl groups excluding tert-OH is 1. The van der Waals surface area contributed by atoms with Gasteiger partial charge < -0.3 is 25.2 Å². The van der Waals surface area contributed by atoms with Crippen molar-refractivity contribution in [3.8, 4) is 0 Å². The number of unbranched alkanes of at least 4 members (excludes halogenated alkanes) is 2. The summed E-state index contributed by atoms with van der Waals surface area (Å²) in [6.07, 6.45) is 32.0. The van der Waals surface area contributed by atoms with Gasteiger partial charge in [0.05, 0.1) is 29.5 Å². The summed E-state index contributed by atoms with van der Waals surface area (Å²) in [6, 6.07) is 11.2. The molecule has 1 amide bonds. The maximum Gasteiger partial charge on any atom is 0.220 e. The van der Waals surface area contributed by atoms with Gasteiger partial charge in [0.2, 0.25) is 5.91 Å². The molecule has 1 aromatic carbocycles. The predicted molar refractivity (Wildman–Crippen MR) is 314 cm³/mol. The van der Waals surface area contributed by atoms with Gasteiger partial charge in [-0.3, -0.25) is 19.3 Å². The van der Waals surface area contributed by atoms with E-state index in [1.54, 1.807) is 27.9 Å². The summed E-state index contributed by atoms with van der Waals surface area (Å²) in [5, 5.41) is 17.1. The highest BCUT2D eigenvalue weighted by Crippen LogP contribution is 2.66. The van der Waals surface area contributed by atoms with Crippen LogP contribution >= 0.6 is 0 Å². The van der Waals surface area contributed by atoms with Gasteiger partial charge in [-0.25, -0.2) is 0 Å². The number of likely N-dealkylation sites (tertiary alicyclic amines) is 1. The number of hydrogen-bond acceptors (Lipinski definition) is 8. The van der Waals surface area contributed by atoms with Gasteiger partial charge in [-0.15, -0.1) is 0 Å². The number of benzene rings is 1. The van der Waals surface area contributed by atoms with Crippen molar-refractivity contribution in [2.75, 3.05) is 26.2 Å². The van der Waals surface area contributed by atoms with E-state index in [1.165, 1.54) is 68.9 Å². The number of carbonyl (C=O) groups is 3.